The lowest BCUT2D eigenvalue weighted by atomic mass is 10.2. The van der Waals surface area contributed by atoms with Gasteiger partial charge in [0.25, 0.3) is 0 Å². The molecule has 0 saturated heterocycles. The SMILES string of the molecule is Cc1cc(OCC/C(N)=N/O)ccc1F. The number of rotatable bonds is 4. The predicted octanol–water partition coefficient (Wildman–Crippen LogP) is 1.65. The third kappa shape index (κ3) is 3.46. The van der Waals surface area contributed by atoms with Gasteiger partial charge in [0.1, 0.15) is 17.4 Å². The van der Waals surface area contributed by atoms with Crippen LogP contribution in [0.5, 0.6) is 5.75 Å². The minimum atomic E-state index is -0.265. The number of aryl methyl sites for hydroxylation is 1. The van der Waals surface area contributed by atoms with Crippen LogP contribution in [0.15, 0.2) is 23.4 Å². The zero-order valence-corrected chi connectivity index (χ0v) is 8.40. The van der Waals surface area contributed by atoms with Crippen molar-refractivity contribution in [2.24, 2.45) is 10.9 Å². The van der Waals surface area contributed by atoms with Crippen molar-refractivity contribution in [3.8, 4) is 5.75 Å². The van der Waals surface area contributed by atoms with E-state index in [0.717, 1.165) is 0 Å². The first-order chi connectivity index (χ1) is 7.13. The maximum atomic E-state index is 12.9. The molecule has 5 heteroatoms. The number of hydrogen-bond acceptors (Lipinski definition) is 3. The Bertz CT molecular complexity index is 366. The van der Waals surface area contributed by atoms with Gasteiger partial charge in [0.05, 0.1) is 6.61 Å². The summed E-state index contributed by atoms with van der Waals surface area (Å²) in [5.74, 6) is 0.409. The lowest BCUT2D eigenvalue weighted by Crippen LogP contribution is -2.15. The Morgan fingerprint density at radius 2 is 2.33 bits per heavy atom. The Morgan fingerprint density at radius 1 is 1.60 bits per heavy atom. The summed E-state index contributed by atoms with van der Waals surface area (Å²) in [5, 5.41) is 11.1. The molecule has 0 unspecified atom stereocenters. The van der Waals surface area contributed by atoms with Crippen molar-refractivity contribution >= 4 is 5.84 Å². The van der Waals surface area contributed by atoms with Gasteiger partial charge in [-0.05, 0) is 30.7 Å². The first kappa shape index (κ1) is 11.3. The zero-order valence-electron chi connectivity index (χ0n) is 8.40. The summed E-state index contributed by atoms with van der Waals surface area (Å²) in [6, 6.07) is 4.48. The fraction of sp³-hybridized carbons (Fsp3) is 0.300. The fourth-order valence-electron chi connectivity index (χ4n) is 1.03. The van der Waals surface area contributed by atoms with E-state index in [1.807, 2.05) is 0 Å². The quantitative estimate of drug-likeness (QED) is 0.345. The summed E-state index contributed by atoms with van der Waals surface area (Å²) in [4.78, 5) is 0. The molecule has 0 spiro atoms. The average molecular weight is 212 g/mol. The van der Waals surface area contributed by atoms with Crippen molar-refractivity contribution in [2.45, 2.75) is 13.3 Å². The molecule has 0 aliphatic rings. The molecule has 0 saturated carbocycles. The summed E-state index contributed by atoms with van der Waals surface area (Å²) in [7, 11) is 0. The summed E-state index contributed by atoms with van der Waals surface area (Å²) < 4.78 is 18.2. The van der Waals surface area contributed by atoms with E-state index in [-0.39, 0.29) is 11.7 Å². The minimum absolute atomic E-state index is 0.105. The van der Waals surface area contributed by atoms with Crippen LogP contribution in [0.2, 0.25) is 0 Å². The first-order valence-corrected chi connectivity index (χ1v) is 4.49. The number of benzene rings is 1. The number of nitrogens with zero attached hydrogens (tertiary/aromatic N) is 1. The highest BCUT2D eigenvalue weighted by atomic mass is 19.1. The Kier molecular flexibility index (Phi) is 3.91. The standard InChI is InChI=1S/C10H13FN2O2/c1-7-6-8(2-3-9(7)11)15-5-4-10(12)13-14/h2-3,6,14H,4-5H2,1H3,(H2,12,13). The minimum Gasteiger partial charge on any atom is -0.493 e. The van der Waals surface area contributed by atoms with Crippen molar-refractivity contribution in [1.29, 1.82) is 0 Å². The smallest absolute Gasteiger partial charge is 0.142 e. The van der Waals surface area contributed by atoms with Gasteiger partial charge in [0.15, 0.2) is 0 Å². The normalized spacial score (nSPS) is 11.5. The van der Waals surface area contributed by atoms with Gasteiger partial charge in [-0.25, -0.2) is 4.39 Å². The fourth-order valence-corrected chi connectivity index (χ4v) is 1.03. The predicted molar refractivity (Wildman–Crippen MR) is 54.7 cm³/mol. The van der Waals surface area contributed by atoms with Crippen molar-refractivity contribution in [3.05, 3.63) is 29.6 Å². The molecule has 0 fully saturated rings. The number of hydrogen-bond donors (Lipinski definition) is 2. The highest BCUT2D eigenvalue weighted by Crippen LogP contribution is 2.15. The lowest BCUT2D eigenvalue weighted by molar-refractivity contribution is 0.305. The largest absolute Gasteiger partial charge is 0.493 e. The van der Waals surface area contributed by atoms with Crippen LogP contribution in [-0.4, -0.2) is 17.6 Å². The van der Waals surface area contributed by atoms with E-state index < -0.39 is 0 Å². The van der Waals surface area contributed by atoms with Crippen LogP contribution >= 0.6 is 0 Å². The molecule has 82 valence electrons. The van der Waals surface area contributed by atoms with Gasteiger partial charge in [0.2, 0.25) is 0 Å². The molecule has 15 heavy (non-hydrogen) atoms. The van der Waals surface area contributed by atoms with E-state index >= 15 is 0 Å². The van der Waals surface area contributed by atoms with Crippen LogP contribution in [0, 0.1) is 12.7 Å². The van der Waals surface area contributed by atoms with Crippen LogP contribution in [0.1, 0.15) is 12.0 Å². The summed E-state index contributed by atoms with van der Waals surface area (Å²) in [6.07, 6.45) is 0.326. The van der Waals surface area contributed by atoms with E-state index in [2.05, 4.69) is 5.16 Å². The Hall–Kier alpha value is -1.78. The molecule has 0 heterocycles. The van der Waals surface area contributed by atoms with E-state index in [1.165, 1.54) is 12.1 Å². The van der Waals surface area contributed by atoms with Gasteiger partial charge in [-0.2, -0.15) is 0 Å². The summed E-state index contributed by atoms with van der Waals surface area (Å²) in [5.41, 5.74) is 5.78. The van der Waals surface area contributed by atoms with Crippen LogP contribution in [-0.2, 0) is 0 Å². The van der Waals surface area contributed by atoms with Crippen molar-refractivity contribution in [2.75, 3.05) is 6.61 Å². The van der Waals surface area contributed by atoms with Gasteiger partial charge in [-0.15, -0.1) is 0 Å². The van der Waals surface area contributed by atoms with Gasteiger partial charge in [0, 0.05) is 6.42 Å². The van der Waals surface area contributed by atoms with E-state index in [0.29, 0.717) is 24.3 Å². The number of ether oxygens (including phenoxy) is 1. The van der Waals surface area contributed by atoms with Crippen molar-refractivity contribution < 1.29 is 14.3 Å². The topological polar surface area (TPSA) is 67.8 Å². The molecular formula is C10H13FN2O2. The Balaban J connectivity index is 2.48. The van der Waals surface area contributed by atoms with Crippen molar-refractivity contribution in [3.63, 3.8) is 0 Å². The molecule has 0 radical (unpaired) electrons. The van der Waals surface area contributed by atoms with Gasteiger partial charge in [-0.3, -0.25) is 0 Å². The number of halogens is 1. The Morgan fingerprint density at radius 3 is 2.93 bits per heavy atom. The molecule has 3 N–H and O–H groups in total. The molecule has 1 aromatic rings. The van der Waals surface area contributed by atoms with E-state index in [1.54, 1.807) is 13.0 Å². The molecule has 1 aromatic carbocycles. The number of nitrogens with two attached hydrogens (primary N) is 1. The molecule has 0 aliphatic carbocycles. The molecule has 1 rings (SSSR count). The number of oxime groups is 1. The van der Waals surface area contributed by atoms with Crippen molar-refractivity contribution in [1.82, 2.24) is 0 Å². The average Bonchev–Trinajstić information content (AvgIpc) is 2.23. The monoisotopic (exact) mass is 212 g/mol. The second kappa shape index (κ2) is 5.19. The third-order valence-corrected chi connectivity index (χ3v) is 1.88. The third-order valence-electron chi connectivity index (χ3n) is 1.88. The van der Waals surface area contributed by atoms with Gasteiger partial charge in [-0.1, -0.05) is 5.16 Å². The highest BCUT2D eigenvalue weighted by Gasteiger charge is 2.00. The maximum Gasteiger partial charge on any atom is 0.142 e. The molecule has 0 aromatic heterocycles. The maximum absolute atomic E-state index is 12.9. The lowest BCUT2D eigenvalue weighted by Gasteiger charge is -2.06. The summed E-state index contributed by atoms with van der Waals surface area (Å²) in [6.45, 7) is 1.95. The molecular weight excluding hydrogens is 199 g/mol. The Labute approximate surface area is 87.2 Å². The molecule has 4 nitrogen and oxygen atoms in total. The van der Waals surface area contributed by atoms with Gasteiger partial charge < -0.3 is 15.7 Å². The molecule has 0 atom stereocenters. The molecule has 0 bridgehead atoms. The van der Waals surface area contributed by atoms with Gasteiger partial charge >= 0.3 is 0 Å². The van der Waals surface area contributed by atoms with Crippen LogP contribution < -0.4 is 10.5 Å². The summed E-state index contributed by atoms with van der Waals surface area (Å²) >= 11 is 0. The first-order valence-electron chi connectivity index (χ1n) is 4.49. The van der Waals surface area contributed by atoms with E-state index in [9.17, 15) is 4.39 Å². The van der Waals surface area contributed by atoms with Crippen LogP contribution in [0.25, 0.3) is 0 Å². The van der Waals surface area contributed by atoms with Crippen LogP contribution in [0.4, 0.5) is 4.39 Å². The second-order valence-corrected chi connectivity index (χ2v) is 3.10. The van der Waals surface area contributed by atoms with Crippen LogP contribution in [0.3, 0.4) is 0 Å². The second-order valence-electron chi connectivity index (χ2n) is 3.10. The zero-order chi connectivity index (χ0) is 11.3. The molecule has 0 amide bonds. The highest BCUT2D eigenvalue weighted by molar-refractivity contribution is 5.79. The number of amidine groups is 1. The molecule has 0 aliphatic heterocycles. The van der Waals surface area contributed by atoms with E-state index in [4.69, 9.17) is 15.7 Å².